The SMILES string of the molecule is CC(CCN(C)C)NCC1CCN(C(=O)OC(C)(C)C)CC1. The number of carbonyl (C=O) groups is 1. The van der Waals surface area contributed by atoms with Crippen molar-refractivity contribution >= 4 is 6.09 Å². The lowest BCUT2D eigenvalue weighted by atomic mass is 9.96. The average Bonchev–Trinajstić information content (AvgIpc) is 2.41. The van der Waals surface area contributed by atoms with Crippen LogP contribution in [0.15, 0.2) is 0 Å². The van der Waals surface area contributed by atoms with Gasteiger partial charge in [-0.3, -0.25) is 0 Å². The maximum Gasteiger partial charge on any atom is 0.410 e. The lowest BCUT2D eigenvalue weighted by Crippen LogP contribution is -2.44. The van der Waals surface area contributed by atoms with Crippen LogP contribution in [0.25, 0.3) is 0 Å². The largest absolute Gasteiger partial charge is 0.444 e. The lowest BCUT2D eigenvalue weighted by molar-refractivity contribution is 0.0183. The van der Waals surface area contributed by atoms with Crippen molar-refractivity contribution in [3.05, 3.63) is 0 Å². The Labute approximate surface area is 136 Å². The van der Waals surface area contributed by atoms with E-state index in [4.69, 9.17) is 4.74 Å². The van der Waals surface area contributed by atoms with Gasteiger partial charge in [-0.1, -0.05) is 0 Å². The Hall–Kier alpha value is -0.810. The lowest BCUT2D eigenvalue weighted by Gasteiger charge is -2.34. The monoisotopic (exact) mass is 313 g/mol. The van der Waals surface area contributed by atoms with Gasteiger partial charge >= 0.3 is 6.09 Å². The van der Waals surface area contributed by atoms with Crippen molar-refractivity contribution in [1.82, 2.24) is 15.1 Å². The van der Waals surface area contributed by atoms with E-state index in [1.54, 1.807) is 0 Å². The molecule has 1 aliphatic heterocycles. The van der Waals surface area contributed by atoms with Crippen molar-refractivity contribution in [3.8, 4) is 0 Å². The Morgan fingerprint density at radius 2 is 1.91 bits per heavy atom. The van der Waals surface area contributed by atoms with Crippen molar-refractivity contribution in [2.45, 2.75) is 58.6 Å². The fraction of sp³-hybridized carbons (Fsp3) is 0.941. The van der Waals surface area contributed by atoms with Gasteiger partial charge in [0.25, 0.3) is 0 Å². The van der Waals surface area contributed by atoms with Crippen LogP contribution in [0.4, 0.5) is 4.79 Å². The Kier molecular flexibility index (Phi) is 7.63. The van der Waals surface area contributed by atoms with Crippen molar-refractivity contribution in [2.24, 2.45) is 5.92 Å². The molecule has 0 aromatic rings. The molecular formula is C17H35N3O2. The fourth-order valence-corrected chi connectivity index (χ4v) is 2.57. The number of rotatable bonds is 6. The summed E-state index contributed by atoms with van der Waals surface area (Å²) in [4.78, 5) is 16.1. The third-order valence-corrected chi connectivity index (χ3v) is 4.03. The van der Waals surface area contributed by atoms with Gasteiger partial charge in [-0.2, -0.15) is 0 Å². The number of ether oxygens (including phenoxy) is 1. The van der Waals surface area contributed by atoms with Crippen LogP contribution >= 0.6 is 0 Å². The molecule has 5 heteroatoms. The topological polar surface area (TPSA) is 44.8 Å². The molecule has 0 radical (unpaired) electrons. The Balaban J connectivity index is 2.21. The van der Waals surface area contributed by atoms with Gasteiger partial charge in [-0.25, -0.2) is 4.79 Å². The van der Waals surface area contributed by atoms with Crippen molar-refractivity contribution in [3.63, 3.8) is 0 Å². The third-order valence-electron chi connectivity index (χ3n) is 4.03. The molecule has 0 bridgehead atoms. The van der Waals surface area contributed by atoms with Crippen LogP contribution in [0.2, 0.25) is 0 Å². The summed E-state index contributed by atoms with van der Waals surface area (Å²) in [7, 11) is 4.22. The van der Waals surface area contributed by atoms with Crippen LogP contribution in [0.5, 0.6) is 0 Å². The molecule has 0 aliphatic carbocycles. The van der Waals surface area contributed by atoms with Crippen LogP contribution in [-0.4, -0.2) is 67.8 Å². The van der Waals surface area contributed by atoms with Crippen molar-refractivity contribution in [2.75, 3.05) is 40.3 Å². The summed E-state index contributed by atoms with van der Waals surface area (Å²) >= 11 is 0. The zero-order chi connectivity index (χ0) is 16.8. The molecule has 130 valence electrons. The summed E-state index contributed by atoms with van der Waals surface area (Å²) in [5.74, 6) is 0.667. The molecule has 1 aliphatic rings. The molecule has 1 fully saturated rings. The van der Waals surface area contributed by atoms with Gasteiger partial charge in [0.2, 0.25) is 0 Å². The number of amides is 1. The molecule has 0 spiro atoms. The normalized spacial score (nSPS) is 18.6. The first-order chi connectivity index (χ1) is 10.2. The van der Waals surface area contributed by atoms with E-state index < -0.39 is 5.60 Å². The number of likely N-dealkylation sites (tertiary alicyclic amines) is 1. The number of hydrogen-bond acceptors (Lipinski definition) is 4. The Morgan fingerprint density at radius 1 is 1.32 bits per heavy atom. The maximum atomic E-state index is 12.0. The molecular weight excluding hydrogens is 278 g/mol. The molecule has 22 heavy (non-hydrogen) atoms. The third kappa shape index (κ3) is 7.99. The van der Waals surface area contributed by atoms with Crippen LogP contribution < -0.4 is 5.32 Å². The molecule has 0 saturated carbocycles. The molecule has 1 amide bonds. The summed E-state index contributed by atoms with van der Waals surface area (Å²) in [6.07, 6.45) is 3.13. The van der Waals surface area contributed by atoms with Gasteiger partial charge in [0, 0.05) is 19.1 Å². The fourth-order valence-electron chi connectivity index (χ4n) is 2.57. The van der Waals surface area contributed by atoms with Gasteiger partial charge in [-0.05, 0) is 80.1 Å². The Bertz CT molecular complexity index is 331. The van der Waals surface area contributed by atoms with E-state index in [-0.39, 0.29) is 6.09 Å². The number of carbonyl (C=O) groups excluding carboxylic acids is 1. The van der Waals surface area contributed by atoms with Crippen molar-refractivity contribution < 1.29 is 9.53 Å². The van der Waals surface area contributed by atoms with E-state index in [9.17, 15) is 4.79 Å². The van der Waals surface area contributed by atoms with E-state index in [2.05, 4.69) is 31.2 Å². The number of nitrogens with zero attached hydrogens (tertiary/aromatic N) is 2. The van der Waals surface area contributed by atoms with E-state index in [0.717, 1.165) is 39.0 Å². The first kappa shape index (κ1) is 19.2. The van der Waals surface area contributed by atoms with Gasteiger partial charge in [0.1, 0.15) is 5.60 Å². The molecule has 1 unspecified atom stereocenters. The van der Waals surface area contributed by atoms with Crippen molar-refractivity contribution in [1.29, 1.82) is 0 Å². The molecule has 1 saturated heterocycles. The number of nitrogens with one attached hydrogen (secondary N) is 1. The number of hydrogen-bond donors (Lipinski definition) is 1. The van der Waals surface area contributed by atoms with Crippen LogP contribution in [0, 0.1) is 5.92 Å². The highest BCUT2D eigenvalue weighted by Gasteiger charge is 2.26. The standard InChI is InChI=1S/C17H35N3O2/c1-14(7-10-19(5)6)18-13-15-8-11-20(12-9-15)16(21)22-17(2,3)4/h14-15,18H,7-13H2,1-6H3. The first-order valence-electron chi connectivity index (χ1n) is 8.53. The summed E-state index contributed by atoms with van der Waals surface area (Å²) < 4.78 is 5.43. The minimum atomic E-state index is -0.405. The van der Waals surface area contributed by atoms with Gasteiger partial charge in [0.05, 0.1) is 0 Å². The summed E-state index contributed by atoms with van der Waals surface area (Å²) in [6, 6.07) is 0.547. The van der Waals surface area contributed by atoms with Crippen LogP contribution in [-0.2, 0) is 4.74 Å². The predicted octanol–water partition coefficient (Wildman–Crippen LogP) is 2.56. The van der Waals surface area contributed by atoms with Gasteiger partial charge in [0.15, 0.2) is 0 Å². The smallest absolute Gasteiger partial charge is 0.410 e. The molecule has 1 N–H and O–H groups in total. The first-order valence-corrected chi connectivity index (χ1v) is 8.53. The van der Waals surface area contributed by atoms with E-state index in [1.165, 1.54) is 6.42 Å². The number of piperidine rings is 1. The minimum absolute atomic E-state index is 0.168. The van der Waals surface area contributed by atoms with Crippen LogP contribution in [0.3, 0.4) is 0 Å². The highest BCUT2D eigenvalue weighted by atomic mass is 16.6. The zero-order valence-electron chi connectivity index (χ0n) is 15.3. The summed E-state index contributed by atoms with van der Waals surface area (Å²) in [6.45, 7) is 11.8. The highest BCUT2D eigenvalue weighted by Crippen LogP contribution is 2.19. The zero-order valence-corrected chi connectivity index (χ0v) is 15.3. The molecule has 1 rings (SSSR count). The summed E-state index contributed by atoms with van der Waals surface area (Å²) in [5.41, 5.74) is -0.405. The van der Waals surface area contributed by atoms with Gasteiger partial charge < -0.3 is 19.9 Å². The molecule has 1 heterocycles. The second kappa shape index (κ2) is 8.73. The van der Waals surface area contributed by atoms with Crippen LogP contribution in [0.1, 0.15) is 47.0 Å². The van der Waals surface area contributed by atoms with Gasteiger partial charge in [-0.15, -0.1) is 0 Å². The predicted molar refractivity (Wildman–Crippen MR) is 91.2 cm³/mol. The molecule has 5 nitrogen and oxygen atoms in total. The van der Waals surface area contributed by atoms with E-state index in [1.807, 2.05) is 25.7 Å². The molecule has 1 atom stereocenters. The Morgan fingerprint density at radius 3 is 2.41 bits per heavy atom. The maximum absolute atomic E-state index is 12.0. The van der Waals surface area contributed by atoms with E-state index in [0.29, 0.717) is 12.0 Å². The average molecular weight is 313 g/mol. The quantitative estimate of drug-likeness (QED) is 0.818. The summed E-state index contributed by atoms with van der Waals surface area (Å²) in [5, 5.41) is 3.63. The van der Waals surface area contributed by atoms with E-state index >= 15 is 0 Å². The minimum Gasteiger partial charge on any atom is -0.444 e. The molecule has 0 aromatic heterocycles. The second-order valence-electron chi connectivity index (χ2n) is 7.81. The second-order valence-corrected chi connectivity index (χ2v) is 7.81. The highest BCUT2D eigenvalue weighted by molar-refractivity contribution is 5.68. The molecule has 0 aromatic carbocycles.